The van der Waals surface area contributed by atoms with E-state index in [0.717, 1.165) is 0 Å². The topological polar surface area (TPSA) is 44.9 Å². The standard InChI is InChI=1S/C8H15F3N4/c1-13-7(12)15-4-2-14(3-5-15)6-8(9,10)11/h2-6H2,1H3,(H2,12,13). The molecule has 1 aliphatic rings. The van der Waals surface area contributed by atoms with Crippen LogP contribution < -0.4 is 5.73 Å². The molecule has 0 atom stereocenters. The smallest absolute Gasteiger partial charge is 0.370 e. The van der Waals surface area contributed by atoms with Crippen molar-refractivity contribution in [2.24, 2.45) is 10.7 Å². The van der Waals surface area contributed by atoms with Crippen LogP contribution in [-0.4, -0.2) is 61.7 Å². The predicted molar refractivity (Wildman–Crippen MR) is 51.6 cm³/mol. The Morgan fingerprint density at radius 2 is 1.80 bits per heavy atom. The third-order valence-corrected chi connectivity index (χ3v) is 2.33. The van der Waals surface area contributed by atoms with Crippen molar-refractivity contribution in [2.75, 3.05) is 39.8 Å². The molecule has 0 radical (unpaired) electrons. The fourth-order valence-corrected chi connectivity index (χ4v) is 1.53. The first-order valence-corrected chi connectivity index (χ1v) is 4.68. The molecule has 0 bridgehead atoms. The zero-order chi connectivity index (χ0) is 11.5. The highest BCUT2D eigenvalue weighted by Gasteiger charge is 2.32. The first-order valence-electron chi connectivity index (χ1n) is 4.68. The van der Waals surface area contributed by atoms with Crippen LogP contribution in [0.2, 0.25) is 0 Å². The van der Waals surface area contributed by atoms with E-state index in [2.05, 4.69) is 4.99 Å². The summed E-state index contributed by atoms with van der Waals surface area (Å²) in [7, 11) is 1.57. The van der Waals surface area contributed by atoms with E-state index in [1.54, 1.807) is 11.9 Å². The van der Waals surface area contributed by atoms with Crippen LogP contribution in [-0.2, 0) is 0 Å². The number of alkyl halides is 3. The molecule has 88 valence electrons. The third-order valence-electron chi connectivity index (χ3n) is 2.33. The van der Waals surface area contributed by atoms with Crippen molar-refractivity contribution >= 4 is 5.96 Å². The van der Waals surface area contributed by atoms with Gasteiger partial charge in [-0.15, -0.1) is 0 Å². The van der Waals surface area contributed by atoms with E-state index in [1.165, 1.54) is 4.90 Å². The van der Waals surface area contributed by atoms with Crippen LogP contribution in [0.15, 0.2) is 4.99 Å². The van der Waals surface area contributed by atoms with E-state index in [1.807, 2.05) is 0 Å². The second-order valence-corrected chi connectivity index (χ2v) is 3.46. The zero-order valence-corrected chi connectivity index (χ0v) is 8.59. The first-order chi connectivity index (χ1) is 6.92. The minimum Gasteiger partial charge on any atom is -0.370 e. The molecule has 1 saturated heterocycles. The Morgan fingerprint density at radius 1 is 1.27 bits per heavy atom. The summed E-state index contributed by atoms with van der Waals surface area (Å²) in [5, 5.41) is 0. The number of rotatable bonds is 1. The number of aliphatic imine (C=N–C) groups is 1. The molecule has 2 N–H and O–H groups in total. The number of guanidine groups is 1. The number of nitrogens with zero attached hydrogens (tertiary/aromatic N) is 3. The van der Waals surface area contributed by atoms with Gasteiger partial charge in [0.2, 0.25) is 0 Å². The van der Waals surface area contributed by atoms with Gasteiger partial charge in [-0.05, 0) is 0 Å². The molecule has 0 amide bonds. The van der Waals surface area contributed by atoms with Gasteiger partial charge in [-0.1, -0.05) is 0 Å². The van der Waals surface area contributed by atoms with E-state index < -0.39 is 12.7 Å². The molecule has 0 unspecified atom stereocenters. The minimum absolute atomic E-state index is 0.371. The van der Waals surface area contributed by atoms with Crippen LogP contribution in [0, 0.1) is 0 Å². The molecule has 0 spiro atoms. The van der Waals surface area contributed by atoms with Crippen LogP contribution >= 0.6 is 0 Å². The van der Waals surface area contributed by atoms with Crippen molar-refractivity contribution in [2.45, 2.75) is 6.18 Å². The molecule has 0 saturated carbocycles. The van der Waals surface area contributed by atoms with Crippen molar-refractivity contribution < 1.29 is 13.2 Å². The molecule has 0 aromatic heterocycles. The summed E-state index contributed by atoms with van der Waals surface area (Å²) in [4.78, 5) is 6.95. The van der Waals surface area contributed by atoms with Crippen molar-refractivity contribution in [3.63, 3.8) is 0 Å². The van der Waals surface area contributed by atoms with Gasteiger partial charge >= 0.3 is 6.18 Å². The first kappa shape index (κ1) is 12.1. The number of halogens is 3. The van der Waals surface area contributed by atoms with Gasteiger partial charge in [-0.25, -0.2) is 0 Å². The van der Waals surface area contributed by atoms with Gasteiger partial charge < -0.3 is 10.6 Å². The van der Waals surface area contributed by atoms with Crippen molar-refractivity contribution in [1.29, 1.82) is 0 Å². The lowest BCUT2D eigenvalue weighted by molar-refractivity contribution is -0.148. The predicted octanol–water partition coefficient (Wildman–Crippen LogP) is 0.111. The van der Waals surface area contributed by atoms with Gasteiger partial charge in [0, 0.05) is 33.2 Å². The monoisotopic (exact) mass is 224 g/mol. The average Bonchev–Trinajstić information content (AvgIpc) is 2.15. The molecular weight excluding hydrogens is 209 g/mol. The van der Waals surface area contributed by atoms with Crippen molar-refractivity contribution in [3.8, 4) is 0 Å². The summed E-state index contributed by atoms with van der Waals surface area (Å²) in [5.41, 5.74) is 5.56. The molecular formula is C8H15F3N4. The lowest BCUT2D eigenvalue weighted by atomic mass is 10.3. The van der Waals surface area contributed by atoms with E-state index in [4.69, 9.17) is 5.73 Å². The molecule has 7 heteroatoms. The molecule has 4 nitrogen and oxygen atoms in total. The SMILES string of the molecule is CN=C(N)N1CCN(CC(F)(F)F)CC1. The second kappa shape index (κ2) is 4.69. The van der Waals surface area contributed by atoms with Crippen LogP contribution in [0.4, 0.5) is 13.2 Å². The minimum atomic E-state index is -4.12. The Kier molecular flexibility index (Phi) is 3.78. The lowest BCUT2D eigenvalue weighted by Gasteiger charge is -2.35. The maximum Gasteiger partial charge on any atom is 0.401 e. The Morgan fingerprint density at radius 3 is 2.20 bits per heavy atom. The van der Waals surface area contributed by atoms with E-state index in [0.29, 0.717) is 32.1 Å². The van der Waals surface area contributed by atoms with E-state index in [9.17, 15) is 13.2 Å². The quantitative estimate of drug-likeness (QED) is 0.508. The zero-order valence-electron chi connectivity index (χ0n) is 8.59. The Bertz CT molecular complexity index is 231. The van der Waals surface area contributed by atoms with Crippen molar-refractivity contribution in [3.05, 3.63) is 0 Å². The maximum absolute atomic E-state index is 12.1. The van der Waals surface area contributed by atoms with Gasteiger partial charge in [0.15, 0.2) is 5.96 Å². The molecule has 0 aromatic carbocycles. The van der Waals surface area contributed by atoms with Crippen LogP contribution in [0.3, 0.4) is 0 Å². The molecule has 1 fully saturated rings. The van der Waals surface area contributed by atoms with Gasteiger partial charge in [0.25, 0.3) is 0 Å². The fraction of sp³-hybridized carbons (Fsp3) is 0.875. The van der Waals surface area contributed by atoms with Gasteiger partial charge in [-0.3, -0.25) is 9.89 Å². The van der Waals surface area contributed by atoms with Gasteiger partial charge in [0.1, 0.15) is 0 Å². The molecule has 1 heterocycles. The third kappa shape index (κ3) is 3.94. The highest BCUT2D eigenvalue weighted by atomic mass is 19.4. The lowest BCUT2D eigenvalue weighted by Crippen LogP contribution is -2.52. The maximum atomic E-state index is 12.1. The molecule has 1 aliphatic heterocycles. The van der Waals surface area contributed by atoms with Gasteiger partial charge in [-0.2, -0.15) is 13.2 Å². The normalized spacial score (nSPS) is 20.8. The van der Waals surface area contributed by atoms with Crippen molar-refractivity contribution in [1.82, 2.24) is 9.80 Å². The van der Waals surface area contributed by atoms with E-state index in [-0.39, 0.29) is 0 Å². The summed E-state index contributed by atoms with van der Waals surface area (Å²) < 4.78 is 36.2. The second-order valence-electron chi connectivity index (χ2n) is 3.46. The number of nitrogens with two attached hydrogens (primary N) is 1. The van der Waals surface area contributed by atoms with E-state index >= 15 is 0 Å². The molecule has 15 heavy (non-hydrogen) atoms. The highest BCUT2D eigenvalue weighted by molar-refractivity contribution is 5.77. The number of piperazine rings is 1. The summed E-state index contributed by atoms with van der Waals surface area (Å²) in [6, 6.07) is 0. The average molecular weight is 224 g/mol. The van der Waals surface area contributed by atoms with Crippen LogP contribution in [0.5, 0.6) is 0 Å². The molecule has 0 aliphatic carbocycles. The number of hydrogen-bond acceptors (Lipinski definition) is 2. The van der Waals surface area contributed by atoms with Gasteiger partial charge in [0.05, 0.1) is 6.54 Å². The fourth-order valence-electron chi connectivity index (χ4n) is 1.53. The Hall–Kier alpha value is -0.980. The summed E-state index contributed by atoms with van der Waals surface area (Å²) in [6.45, 7) is 0.897. The largest absolute Gasteiger partial charge is 0.401 e. The summed E-state index contributed by atoms with van der Waals surface area (Å²) >= 11 is 0. The Balaban J connectivity index is 2.36. The van der Waals surface area contributed by atoms with Crippen LogP contribution in [0.25, 0.3) is 0 Å². The molecule has 0 aromatic rings. The Labute approximate surface area is 86.5 Å². The van der Waals surface area contributed by atoms with Crippen LogP contribution in [0.1, 0.15) is 0 Å². The highest BCUT2D eigenvalue weighted by Crippen LogP contribution is 2.17. The summed E-state index contributed by atoms with van der Waals surface area (Å²) in [5.74, 6) is 0.390. The molecule has 1 rings (SSSR count). The summed E-state index contributed by atoms with van der Waals surface area (Å²) in [6.07, 6.45) is -4.12. The number of hydrogen-bond donors (Lipinski definition) is 1.